The summed E-state index contributed by atoms with van der Waals surface area (Å²) in [6.45, 7) is 3.45. The average molecular weight is 358 g/mol. The van der Waals surface area contributed by atoms with E-state index in [4.69, 9.17) is 4.74 Å². The topological polar surface area (TPSA) is 12.5 Å². The summed E-state index contributed by atoms with van der Waals surface area (Å²) in [6, 6.07) is 23.5. The fraction of sp³-hybridized carbons (Fsp3) is 0.280. The maximum Gasteiger partial charge on any atom is 0.236 e. The van der Waals surface area contributed by atoms with Crippen LogP contribution in [0.1, 0.15) is 42.9 Å². The molecular formula is C25H23FO. The van der Waals surface area contributed by atoms with E-state index in [1.54, 1.807) is 6.92 Å². The Balaban J connectivity index is 1.29. The molecule has 27 heavy (non-hydrogen) atoms. The minimum Gasteiger partial charge on any atom is -0.331 e. The molecule has 4 unspecified atom stereocenters. The maximum atomic E-state index is 14.0. The molecule has 0 amide bonds. The molecule has 5 rings (SSSR count). The van der Waals surface area contributed by atoms with Crippen LogP contribution in [0.15, 0.2) is 66.7 Å². The summed E-state index contributed by atoms with van der Waals surface area (Å²) in [5.41, 5.74) is 3.07. The van der Waals surface area contributed by atoms with E-state index in [0.29, 0.717) is 11.8 Å². The molecular weight excluding hydrogens is 335 g/mol. The Morgan fingerprint density at radius 2 is 1.52 bits per heavy atom. The predicted molar refractivity (Wildman–Crippen MR) is 109 cm³/mol. The average Bonchev–Trinajstić information content (AvgIpc) is 3.56. The number of ether oxygens (including phenoxy) is 1. The van der Waals surface area contributed by atoms with Crippen LogP contribution in [0.25, 0.3) is 22.9 Å². The van der Waals surface area contributed by atoms with E-state index in [1.807, 2.05) is 6.92 Å². The van der Waals surface area contributed by atoms with Crippen molar-refractivity contribution < 1.29 is 9.13 Å². The van der Waals surface area contributed by atoms with Crippen LogP contribution in [-0.4, -0.2) is 11.5 Å². The van der Waals surface area contributed by atoms with E-state index in [9.17, 15) is 4.39 Å². The summed E-state index contributed by atoms with van der Waals surface area (Å²) >= 11 is 0. The lowest BCUT2D eigenvalue weighted by Gasteiger charge is -2.06. The van der Waals surface area contributed by atoms with Gasteiger partial charge in [-0.25, -0.2) is 4.39 Å². The summed E-state index contributed by atoms with van der Waals surface area (Å²) in [7, 11) is 0. The molecule has 3 aromatic rings. The number of alkyl halides is 1. The molecule has 1 saturated carbocycles. The van der Waals surface area contributed by atoms with Crippen molar-refractivity contribution in [1.29, 1.82) is 0 Å². The third-order valence-corrected chi connectivity index (χ3v) is 6.35. The van der Waals surface area contributed by atoms with Gasteiger partial charge in [-0.1, -0.05) is 72.8 Å². The molecule has 1 saturated heterocycles. The van der Waals surface area contributed by atoms with E-state index in [-0.39, 0.29) is 0 Å². The van der Waals surface area contributed by atoms with Crippen LogP contribution in [0, 0.1) is 5.92 Å². The summed E-state index contributed by atoms with van der Waals surface area (Å²) in [4.78, 5) is 0. The molecule has 0 radical (unpaired) electrons. The van der Waals surface area contributed by atoms with Crippen molar-refractivity contribution in [2.45, 2.75) is 37.6 Å². The predicted octanol–water partition coefficient (Wildman–Crippen LogP) is 6.59. The van der Waals surface area contributed by atoms with Gasteiger partial charge in [-0.15, -0.1) is 0 Å². The second-order valence-corrected chi connectivity index (χ2v) is 8.18. The number of hydrogen-bond donors (Lipinski definition) is 0. The number of benzene rings is 3. The Morgan fingerprint density at radius 1 is 0.889 bits per heavy atom. The Bertz CT molecular complexity index is 1030. The molecule has 0 N–H and O–H groups in total. The first-order chi connectivity index (χ1) is 13.0. The Morgan fingerprint density at radius 3 is 2.22 bits per heavy atom. The van der Waals surface area contributed by atoms with Crippen molar-refractivity contribution in [2.24, 2.45) is 5.92 Å². The smallest absolute Gasteiger partial charge is 0.236 e. The molecule has 2 aliphatic rings. The van der Waals surface area contributed by atoms with E-state index >= 15 is 0 Å². The fourth-order valence-corrected chi connectivity index (χ4v) is 4.31. The lowest BCUT2D eigenvalue weighted by Crippen LogP contribution is -2.18. The van der Waals surface area contributed by atoms with E-state index in [2.05, 4.69) is 78.9 Å². The first-order valence-electron chi connectivity index (χ1n) is 9.62. The normalized spacial score (nSPS) is 32.1. The number of rotatable bonds is 4. The van der Waals surface area contributed by atoms with Gasteiger partial charge in [-0.05, 0) is 59.7 Å². The van der Waals surface area contributed by atoms with Gasteiger partial charge in [-0.2, -0.15) is 0 Å². The molecule has 136 valence electrons. The largest absolute Gasteiger partial charge is 0.331 e. The number of hydrogen-bond acceptors (Lipinski definition) is 1. The van der Waals surface area contributed by atoms with Crippen LogP contribution in [0.4, 0.5) is 4.39 Å². The Hall–Kier alpha value is -2.45. The molecule has 1 aliphatic carbocycles. The lowest BCUT2D eigenvalue weighted by molar-refractivity contribution is 0.160. The Kier molecular flexibility index (Phi) is 3.57. The van der Waals surface area contributed by atoms with Gasteiger partial charge in [0.1, 0.15) is 5.60 Å². The second-order valence-electron chi connectivity index (χ2n) is 8.18. The van der Waals surface area contributed by atoms with E-state index in [1.165, 1.54) is 27.5 Å². The van der Waals surface area contributed by atoms with Gasteiger partial charge in [0.25, 0.3) is 0 Å². The van der Waals surface area contributed by atoms with Gasteiger partial charge in [0.2, 0.25) is 5.85 Å². The molecule has 0 spiro atoms. The monoisotopic (exact) mass is 358 g/mol. The van der Waals surface area contributed by atoms with Crippen LogP contribution >= 0.6 is 0 Å². The van der Waals surface area contributed by atoms with Gasteiger partial charge in [-0.3, -0.25) is 0 Å². The highest BCUT2D eigenvalue weighted by atomic mass is 19.2. The number of fused-ring (bicyclic) bond motifs is 1. The summed E-state index contributed by atoms with van der Waals surface area (Å²) in [5, 5.41) is 2.51. The quantitative estimate of drug-likeness (QED) is 0.379. The highest BCUT2D eigenvalue weighted by Crippen LogP contribution is 2.66. The molecule has 3 aromatic carbocycles. The third kappa shape index (κ3) is 2.89. The first kappa shape index (κ1) is 16.7. The van der Waals surface area contributed by atoms with Crippen LogP contribution < -0.4 is 0 Å². The molecule has 4 atom stereocenters. The molecule has 0 bridgehead atoms. The van der Waals surface area contributed by atoms with Crippen molar-refractivity contribution in [3.8, 4) is 0 Å². The van der Waals surface area contributed by atoms with Gasteiger partial charge < -0.3 is 4.74 Å². The van der Waals surface area contributed by atoms with Crippen LogP contribution in [-0.2, 0) is 4.74 Å². The zero-order chi connectivity index (χ0) is 18.6. The minimum absolute atomic E-state index is 0.298. The highest BCUT2D eigenvalue weighted by molar-refractivity contribution is 5.85. The molecule has 0 aromatic heterocycles. The number of halogens is 1. The molecule has 1 nitrogen and oxygen atoms in total. The zero-order valence-electron chi connectivity index (χ0n) is 15.7. The number of epoxide rings is 1. The fourth-order valence-electron chi connectivity index (χ4n) is 4.31. The second kappa shape index (κ2) is 5.77. The highest BCUT2D eigenvalue weighted by Gasteiger charge is 2.74. The first-order valence-corrected chi connectivity index (χ1v) is 9.62. The third-order valence-electron chi connectivity index (χ3n) is 6.35. The van der Waals surface area contributed by atoms with Crippen molar-refractivity contribution in [3.05, 3.63) is 83.4 Å². The van der Waals surface area contributed by atoms with Crippen molar-refractivity contribution in [2.75, 3.05) is 0 Å². The van der Waals surface area contributed by atoms with Crippen molar-refractivity contribution >= 4 is 22.9 Å². The zero-order valence-corrected chi connectivity index (χ0v) is 15.7. The van der Waals surface area contributed by atoms with Gasteiger partial charge in [0, 0.05) is 5.92 Å². The Labute approximate surface area is 159 Å². The van der Waals surface area contributed by atoms with Crippen molar-refractivity contribution in [1.82, 2.24) is 0 Å². The van der Waals surface area contributed by atoms with Gasteiger partial charge >= 0.3 is 0 Å². The molecule has 1 aliphatic heterocycles. The molecule has 1 heterocycles. The standard InChI is InChI=1S/C25H23FO/c1-24(25(2,26)27-24)23-16-22(23)20-13-9-17(10-14-20)7-8-18-11-12-19-5-3-4-6-21(19)15-18/h3-15,22-23H,16H2,1-2H3/b8-7+. The van der Waals surface area contributed by atoms with Crippen molar-refractivity contribution in [3.63, 3.8) is 0 Å². The summed E-state index contributed by atoms with van der Waals surface area (Å²) in [6.07, 6.45) is 5.31. The van der Waals surface area contributed by atoms with Crippen LogP contribution in [0.2, 0.25) is 0 Å². The van der Waals surface area contributed by atoms with Gasteiger partial charge in [0.15, 0.2) is 0 Å². The minimum atomic E-state index is -1.45. The summed E-state index contributed by atoms with van der Waals surface area (Å²) in [5.74, 6) is -0.729. The van der Waals surface area contributed by atoms with Crippen LogP contribution in [0.3, 0.4) is 0 Å². The maximum absolute atomic E-state index is 14.0. The lowest BCUT2D eigenvalue weighted by atomic mass is 9.96. The summed E-state index contributed by atoms with van der Waals surface area (Å²) < 4.78 is 19.4. The molecule has 2 heteroatoms. The molecule has 2 fully saturated rings. The van der Waals surface area contributed by atoms with Crippen LogP contribution in [0.5, 0.6) is 0 Å². The van der Waals surface area contributed by atoms with E-state index in [0.717, 1.165) is 6.42 Å². The van der Waals surface area contributed by atoms with E-state index < -0.39 is 11.5 Å². The SMILES string of the molecule is CC1(F)OC1(C)C1CC1c1ccc(/C=C/c2ccc3ccccc3c2)cc1. The van der Waals surface area contributed by atoms with Gasteiger partial charge in [0.05, 0.1) is 0 Å².